The first kappa shape index (κ1) is 21.3. The maximum absolute atomic E-state index is 5.19. The van der Waals surface area contributed by atoms with Crippen molar-refractivity contribution < 1.29 is 0 Å². The summed E-state index contributed by atoms with van der Waals surface area (Å²) in [7, 11) is 0. The van der Waals surface area contributed by atoms with Crippen LogP contribution in [0.2, 0.25) is 0 Å². The van der Waals surface area contributed by atoms with Crippen molar-refractivity contribution in [2.24, 2.45) is 0 Å². The van der Waals surface area contributed by atoms with E-state index in [4.69, 9.17) is 9.97 Å². The first-order valence-electron chi connectivity index (χ1n) is 13.9. The summed E-state index contributed by atoms with van der Waals surface area (Å²) in [5.74, 6) is 0. The zero-order chi connectivity index (χ0) is 26.7. The van der Waals surface area contributed by atoms with Gasteiger partial charge in [0.05, 0.1) is 22.7 Å². The van der Waals surface area contributed by atoms with Crippen LogP contribution >= 0.6 is 0 Å². The Bertz CT molecular complexity index is 2550. The molecule has 0 saturated heterocycles. The highest BCUT2D eigenvalue weighted by Crippen LogP contribution is 2.45. The molecule has 0 spiro atoms. The molecule has 5 aromatic heterocycles. The molecule has 5 nitrogen and oxygen atoms in total. The Morgan fingerprint density at radius 3 is 2.44 bits per heavy atom. The predicted octanol–water partition coefficient (Wildman–Crippen LogP) is 8.25. The Balaban J connectivity index is 1.48. The van der Waals surface area contributed by atoms with Crippen molar-refractivity contribution in [3.63, 3.8) is 0 Å². The van der Waals surface area contributed by atoms with Crippen molar-refractivity contribution in [2.45, 2.75) is 6.42 Å². The van der Waals surface area contributed by atoms with Crippen molar-refractivity contribution in [3.8, 4) is 16.8 Å². The van der Waals surface area contributed by atoms with E-state index in [1.54, 1.807) is 0 Å². The maximum atomic E-state index is 5.19. The van der Waals surface area contributed by atoms with E-state index in [1.807, 2.05) is 30.7 Å². The second-order valence-electron chi connectivity index (χ2n) is 10.9. The average molecular weight is 524 g/mol. The second kappa shape index (κ2) is 7.55. The molecule has 0 N–H and O–H groups in total. The van der Waals surface area contributed by atoms with Gasteiger partial charge in [-0.05, 0) is 82.6 Å². The highest BCUT2D eigenvalue weighted by Gasteiger charge is 2.25. The van der Waals surface area contributed by atoms with Gasteiger partial charge in [0.1, 0.15) is 16.8 Å². The largest absolute Gasteiger partial charge is 0.309 e. The normalized spacial score (nSPS) is 12.8. The van der Waals surface area contributed by atoms with E-state index in [-0.39, 0.29) is 0 Å². The van der Waals surface area contributed by atoms with Crippen molar-refractivity contribution >= 4 is 60.3 Å². The van der Waals surface area contributed by atoms with E-state index < -0.39 is 0 Å². The van der Waals surface area contributed by atoms with Crippen LogP contribution in [0.4, 0.5) is 0 Å². The topological polar surface area (TPSA) is 48.0 Å². The molecule has 9 aromatic rings. The highest BCUT2D eigenvalue weighted by molar-refractivity contribution is 6.29. The van der Waals surface area contributed by atoms with Crippen LogP contribution in [-0.2, 0) is 6.42 Å². The third kappa shape index (κ3) is 2.68. The van der Waals surface area contributed by atoms with Crippen LogP contribution in [0.25, 0.3) is 77.1 Å². The van der Waals surface area contributed by atoms with Gasteiger partial charge in [-0.25, -0.2) is 9.97 Å². The fraction of sp³-hybridized carbons (Fsp3) is 0.0278. The molecular formula is C36H21N5. The van der Waals surface area contributed by atoms with Crippen LogP contribution in [0.15, 0.2) is 116 Å². The number of para-hydroxylation sites is 1. The van der Waals surface area contributed by atoms with E-state index in [9.17, 15) is 0 Å². The van der Waals surface area contributed by atoms with Gasteiger partial charge in [0.2, 0.25) is 0 Å². The van der Waals surface area contributed by atoms with Crippen LogP contribution in [0.1, 0.15) is 11.1 Å². The molecule has 4 aromatic carbocycles. The van der Waals surface area contributed by atoms with E-state index in [0.29, 0.717) is 0 Å². The van der Waals surface area contributed by atoms with Crippen molar-refractivity contribution in [2.75, 3.05) is 0 Å². The monoisotopic (exact) mass is 523 g/mol. The summed E-state index contributed by atoms with van der Waals surface area (Å²) in [6.45, 7) is 0. The Morgan fingerprint density at radius 1 is 0.585 bits per heavy atom. The summed E-state index contributed by atoms with van der Waals surface area (Å²) in [6, 6.07) is 35.1. The van der Waals surface area contributed by atoms with Crippen LogP contribution in [0.5, 0.6) is 0 Å². The Hall–Kier alpha value is -5.55. The quantitative estimate of drug-likeness (QED) is 0.204. The summed E-state index contributed by atoms with van der Waals surface area (Å²) in [5, 5.41) is 5.89. The number of nitrogens with zero attached hydrogens (tertiary/aromatic N) is 5. The molecule has 5 heteroatoms. The lowest BCUT2D eigenvalue weighted by Crippen LogP contribution is -1.95. The summed E-state index contributed by atoms with van der Waals surface area (Å²) in [6.07, 6.45) is 6.49. The number of rotatable bonds is 1. The van der Waals surface area contributed by atoms with Crippen molar-refractivity contribution in [1.82, 2.24) is 23.9 Å². The summed E-state index contributed by atoms with van der Waals surface area (Å²) < 4.78 is 4.63. The summed E-state index contributed by atoms with van der Waals surface area (Å²) in [5.41, 5.74) is 12.7. The number of aromatic nitrogens is 5. The second-order valence-corrected chi connectivity index (χ2v) is 10.9. The molecule has 10 rings (SSSR count). The third-order valence-corrected chi connectivity index (χ3v) is 8.83. The maximum Gasteiger partial charge on any atom is 0.148 e. The molecule has 0 aliphatic heterocycles. The molecule has 0 unspecified atom stereocenters. The lowest BCUT2D eigenvalue weighted by molar-refractivity contribution is 1.18. The zero-order valence-corrected chi connectivity index (χ0v) is 21.9. The number of benzene rings is 4. The van der Waals surface area contributed by atoms with Crippen LogP contribution < -0.4 is 0 Å². The van der Waals surface area contributed by atoms with Crippen LogP contribution in [-0.4, -0.2) is 23.9 Å². The Kier molecular flexibility index (Phi) is 3.92. The van der Waals surface area contributed by atoms with Gasteiger partial charge in [0.25, 0.3) is 0 Å². The van der Waals surface area contributed by atoms with Gasteiger partial charge >= 0.3 is 0 Å². The van der Waals surface area contributed by atoms with Crippen LogP contribution in [0, 0.1) is 0 Å². The SMILES string of the molecule is c1ccc(-n2c3cc4c(cc3c3c5c(ccc32)c2cccnc2n2c3ccncc3nc52)Cc2ccccc2-4)cc1. The molecule has 41 heavy (non-hydrogen) atoms. The van der Waals surface area contributed by atoms with Gasteiger partial charge in [0.15, 0.2) is 0 Å². The average Bonchev–Trinajstić information content (AvgIpc) is 3.69. The number of hydrogen-bond acceptors (Lipinski definition) is 3. The molecule has 0 saturated carbocycles. The molecule has 190 valence electrons. The molecule has 1 aliphatic carbocycles. The molecular weight excluding hydrogens is 502 g/mol. The molecule has 0 radical (unpaired) electrons. The lowest BCUT2D eigenvalue weighted by Gasteiger charge is -2.11. The van der Waals surface area contributed by atoms with Gasteiger partial charge < -0.3 is 4.57 Å². The van der Waals surface area contributed by atoms with Gasteiger partial charge in [-0.1, -0.05) is 48.5 Å². The smallest absolute Gasteiger partial charge is 0.148 e. The minimum Gasteiger partial charge on any atom is -0.309 e. The molecule has 0 amide bonds. The number of hydrogen-bond donors (Lipinski definition) is 0. The molecule has 5 heterocycles. The highest BCUT2D eigenvalue weighted by atomic mass is 15.1. The van der Waals surface area contributed by atoms with Gasteiger partial charge in [-0.2, -0.15) is 0 Å². The number of fused-ring (bicyclic) bond motifs is 15. The standard InChI is InChI=1S/C36H21N5/c1-2-8-23(9-3-1)40-31-13-12-25-26-11-6-15-38-35(26)41-30-14-16-37-20-29(30)39-36(41)34(25)33(31)28-18-22-17-21-7-4-5-10-24(21)27(22)19-32(28)40/h1-16,18-20H,17H2. The third-order valence-electron chi connectivity index (χ3n) is 8.83. The van der Waals surface area contributed by atoms with E-state index >= 15 is 0 Å². The minimum atomic E-state index is 0.868. The zero-order valence-electron chi connectivity index (χ0n) is 21.9. The lowest BCUT2D eigenvalue weighted by atomic mass is 9.99. The van der Waals surface area contributed by atoms with Crippen LogP contribution in [0.3, 0.4) is 0 Å². The fourth-order valence-corrected chi connectivity index (χ4v) is 7.15. The molecule has 0 bridgehead atoms. The van der Waals surface area contributed by atoms with Gasteiger partial charge in [-0.3, -0.25) is 9.38 Å². The van der Waals surface area contributed by atoms with Crippen molar-refractivity contribution in [1.29, 1.82) is 0 Å². The molecule has 1 aliphatic rings. The first-order valence-corrected chi connectivity index (χ1v) is 13.9. The van der Waals surface area contributed by atoms with Gasteiger partial charge in [0, 0.05) is 39.6 Å². The summed E-state index contributed by atoms with van der Waals surface area (Å²) in [4.78, 5) is 14.4. The Labute approximate surface area is 234 Å². The molecule has 0 atom stereocenters. The fourth-order valence-electron chi connectivity index (χ4n) is 7.15. The molecule has 0 fully saturated rings. The minimum absolute atomic E-state index is 0.868. The number of pyridine rings is 3. The van der Waals surface area contributed by atoms with E-state index in [1.165, 1.54) is 44.1 Å². The van der Waals surface area contributed by atoms with Gasteiger partial charge in [-0.15, -0.1) is 0 Å². The first-order chi connectivity index (χ1) is 20.3. The van der Waals surface area contributed by atoms with E-state index in [0.717, 1.165) is 50.6 Å². The summed E-state index contributed by atoms with van der Waals surface area (Å²) >= 11 is 0. The number of imidazole rings is 1. The van der Waals surface area contributed by atoms with E-state index in [2.05, 4.69) is 98.9 Å². The van der Waals surface area contributed by atoms with Crippen molar-refractivity contribution in [3.05, 3.63) is 127 Å². The predicted molar refractivity (Wildman–Crippen MR) is 166 cm³/mol. The Morgan fingerprint density at radius 2 is 1.49 bits per heavy atom.